The topological polar surface area (TPSA) is 70.7 Å². The number of hydrogen-bond acceptors (Lipinski definition) is 3. The fourth-order valence-electron chi connectivity index (χ4n) is 1.29. The quantitative estimate of drug-likeness (QED) is 0.742. The van der Waals surface area contributed by atoms with Gasteiger partial charge in [-0.2, -0.15) is 10.4 Å². The van der Waals surface area contributed by atoms with E-state index in [0.29, 0.717) is 25.2 Å². The van der Waals surface area contributed by atoms with Gasteiger partial charge in [-0.15, -0.1) is 0 Å². The molecule has 0 fully saturated rings. The molecule has 5 heteroatoms. The summed E-state index contributed by atoms with van der Waals surface area (Å²) in [6.07, 6.45) is 0.324. The van der Waals surface area contributed by atoms with Gasteiger partial charge in [0.1, 0.15) is 5.69 Å². The zero-order chi connectivity index (χ0) is 11.3. The second kappa shape index (κ2) is 5.15. The van der Waals surface area contributed by atoms with Gasteiger partial charge in [0.2, 0.25) is 0 Å². The van der Waals surface area contributed by atoms with Crippen molar-refractivity contribution < 1.29 is 4.79 Å². The lowest BCUT2D eigenvalue weighted by Gasteiger charge is -2.04. The van der Waals surface area contributed by atoms with Crippen LogP contribution < -0.4 is 5.32 Å². The molecule has 0 saturated heterocycles. The Morgan fingerprint density at radius 1 is 1.73 bits per heavy atom. The molecular weight excluding hydrogens is 192 g/mol. The molecule has 15 heavy (non-hydrogen) atoms. The Hall–Kier alpha value is -1.83. The molecule has 0 spiro atoms. The zero-order valence-corrected chi connectivity index (χ0v) is 8.95. The summed E-state index contributed by atoms with van der Waals surface area (Å²) in [4.78, 5) is 11.6. The minimum atomic E-state index is -0.173. The molecule has 0 unspecified atom stereocenters. The summed E-state index contributed by atoms with van der Waals surface area (Å²) in [5.74, 6) is -0.173. The smallest absolute Gasteiger partial charge is 0.269 e. The van der Waals surface area contributed by atoms with Gasteiger partial charge in [-0.1, -0.05) is 0 Å². The molecule has 1 N–H and O–H groups in total. The summed E-state index contributed by atoms with van der Waals surface area (Å²) in [5.41, 5.74) is 1.37. The molecule has 0 saturated carbocycles. The number of nitrogens with one attached hydrogen (secondary N) is 1. The zero-order valence-electron chi connectivity index (χ0n) is 8.95. The van der Waals surface area contributed by atoms with E-state index in [0.717, 1.165) is 5.69 Å². The van der Waals surface area contributed by atoms with Gasteiger partial charge < -0.3 is 5.32 Å². The normalized spacial score (nSPS) is 9.67. The van der Waals surface area contributed by atoms with Crippen LogP contribution in [0.5, 0.6) is 0 Å². The molecule has 1 heterocycles. The molecule has 0 radical (unpaired) electrons. The van der Waals surface area contributed by atoms with Gasteiger partial charge in [-0.3, -0.25) is 9.48 Å². The van der Waals surface area contributed by atoms with E-state index in [2.05, 4.69) is 10.4 Å². The predicted molar refractivity (Wildman–Crippen MR) is 55.2 cm³/mol. The van der Waals surface area contributed by atoms with Crippen molar-refractivity contribution >= 4 is 5.91 Å². The summed E-state index contributed by atoms with van der Waals surface area (Å²) in [5, 5.41) is 15.2. The fourth-order valence-corrected chi connectivity index (χ4v) is 1.29. The first kappa shape index (κ1) is 11.2. The van der Waals surface area contributed by atoms with Gasteiger partial charge in [-0.05, 0) is 19.9 Å². The third kappa shape index (κ3) is 2.81. The van der Waals surface area contributed by atoms with Crippen molar-refractivity contribution in [1.82, 2.24) is 15.1 Å². The van der Waals surface area contributed by atoms with Crippen molar-refractivity contribution in [2.24, 2.45) is 0 Å². The number of carbonyl (C=O) groups is 1. The molecule has 0 aliphatic carbocycles. The van der Waals surface area contributed by atoms with E-state index < -0.39 is 0 Å². The molecule has 80 valence electrons. The fraction of sp³-hybridized carbons (Fsp3) is 0.500. The van der Waals surface area contributed by atoms with Crippen molar-refractivity contribution in [2.45, 2.75) is 26.8 Å². The summed E-state index contributed by atoms with van der Waals surface area (Å²) in [6.45, 7) is 4.81. The standard InChI is InChI=1S/C10H14N4O/c1-3-14-9(7-8(2)13-14)10(15)12-6-4-5-11/h7H,3-4,6H2,1-2H3,(H,12,15). The second-order valence-corrected chi connectivity index (χ2v) is 3.15. The van der Waals surface area contributed by atoms with E-state index in [-0.39, 0.29) is 5.91 Å². The Balaban J connectivity index is 2.69. The van der Waals surface area contributed by atoms with Crippen LogP contribution in [0.4, 0.5) is 0 Å². The second-order valence-electron chi connectivity index (χ2n) is 3.15. The monoisotopic (exact) mass is 206 g/mol. The average molecular weight is 206 g/mol. The van der Waals surface area contributed by atoms with Crippen molar-refractivity contribution in [2.75, 3.05) is 6.54 Å². The summed E-state index contributed by atoms with van der Waals surface area (Å²) >= 11 is 0. The average Bonchev–Trinajstić information content (AvgIpc) is 2.60. The molecule has 0 atom stereocenters. The molecule has 5 nitrogen and oxygen atoms in total. The minimum Gasteiger partial charge on any atom is -0.350 e. The van der Waals surface area contributed by atoms with Crippen LogP contribution in [0.1, 0.15) is 29.5 Å². The van der Waals surface area contributed by atoms with Crippen molar-refractivity contribution in [3.63, 3.8) is 0 Å². The highest BCUT2D eigenvalue weighted by Crippen LogP contribution is 2.03. The molecule has 0 aliphatic rings. The van der Waals surface area contributed by atoms with E-state index >= 15 is 0 Å². The van der Waals surface area contributed by atoms with E-state index in [1.54, 1.807) is 10.7 Å². The number of aryl methyl sites for hydroxylation is 2. The highest BCUT2D eigenvalue weighted by Gasteiger charge is 2.11. The maximum Gasteiger partial charge on any atom is 0.269 e. The first-order valence-electron chi connectivity index (χ1n) is 4.88. The number of aromatic nitrogens is 2. The van der Waals surface area contributed by atoms with Crippen molar-refractivity contribution in [1.29, 1.82) is 5.26 Å². The van der Waals surface area contributed by atoms with Crippen LogP contribution in [0.25, 0.3) is 0 Å². The summed E-state index contributed by atoms with van der Waals surface area (Å²) < 4.78 is 1.65. The lowest BCUT2D eigenvalue weighted by molar-refractivity contribution is 0.0944. The minimum absolute atomic E-state index is 0.173. The van der Waals surface area contributed by atoms with Gasteiger partial charge in [0.15, 0.2) is 0 Å². The first-order chi connectivity index (χ1) is 7.19. The summed E-state index contributed by atoms with van der Waals surface area (Å²) in [6, 6.07) is 3.71. The number of amides is 1. The molecule has 0 aliphatic heterocycles. The highest BCUT2D eigenvalue weighted by atomic mass is 16.2. The van der Waals surface area contributed by atoms with Crippen LogP contribution >= 0.6 is 0 Å². The Labute approximate surface area is 88.7 Å². The molecule has 1 aromatic heterocycles. The van der Waals surface area contributed by atoms with Crippen LogP contribution in [0.2, 0.25) is 0 Å². The SMILES string of the molecule is CCn1nc(C)cc1C(=O)NCCC#N. The largest absolute Gasteiger partial charge is 0.350 e. The van der Waals surface area contributed by atoms with Crippen LogP contribution in [0.3, 0.4) is 0 Å². The maximum absolute atomic E-state index is 11.6. The van der Waals surface area contributed by atoms with Gasteiger partial charge in [0.05, 0.1) is 18.2 Å². The van der Waals surface area contributed by atoms with Gasteiger partial charge >= 0.3 is 0 Å². The lowest BCUT2D eigenvalue weighted by Crippen LogP contribution is -2.26. The molecule has 0 aromatic carbocycles. The number of carbonyl (C=O) groups excluding carboxylic acids is 1. The van der Waals surface area contributed by atoms with E-state index in [4.69, 9.17) is 5.26 Å². The van der Waals surface area contributed by atoms with E-state index in [9.17, 15) is 4.79 Å². The van der Waals surface area contributed by atoms with Crippen LogP contribution in [-0.2, 0) is 6.54 Å². The Kier molecular flexibility index (Phi) is 3.86. The predicted octanol–water partition coefficient (Wildman–Crippen LogP) is 0.855. The maximum atomic E-state index is 11.6. The highest BCUT2D eigenvalue weighted by molar-refractivity contribution is 5.92. The van der Waals surface area contributed by atoms with Gasteiger partial charge in [0.25, 0.3) is 5.91 Å². The Bertz CT molecular complexity index is 389. The van der Waals surface area contributed by atoms with Gasteiger partial charge in [-0.25, -0.2) is 0 Å². The third-order valence-electron chi connectivity index (χ3n) is 1.96. The Morgan fingerprint density at radius 2 is 2.47 bits per heavy atom. The molecule has 1 amide bonds. The van der Waals surface area contributed by atoms with Crippen molar-refractivity contribution in [3.8, 4) is 6.07 Å². The third-order valence-corrected chi connectivity index (χ3v) is 1.96. The van der Waals surface area contributed by atoms with Crippen LogP contribution in [0, 0.1) is 18.3 Å². The van der Waals surface area contributed by atoms with Gasteiger partial charge in [0, 0.05) is 13.1 Å². The van der Waals surface area contributed by atoms with Crippen LogP contribution in [-0.4, -0.2) is 22.2 Å². The number of nitrogens with zero attached hydrogens (tertiary/aromatic N) is 3. The lowest BCUT2D eigenvalue weighted by atomic mass is 10.3. The molecular formula is C10H14N4O. The molecule has 0 bridgehead atoms. The molecule has 1 aromatic rings. The van der Waals surface area contributed by atoms with E-state index in [1.165, 1.54) is 0 Å². The number of rotatable bonds is 4. The number of nitriles is 1. The summed E-state index contributed by atoms with van der Waals surface area (Å²) in [7, 11) is 0. The number of hydrogen-bond donors (Lipinski definition) is 1. The Morgan fingerprint density at radius 3 is 3.07 bits per heavy atom. The first-order valence-corrected chi connectivity index (χ1v) is 4.88. The van der Waals surface area contributed by atoms with Crippen LogP contribution in [0.15, 0.2) is 6.07 Å². The van der Waals surface area contributed by atoms with Crippen molar-refractivity contribution in [3.05, 3.63) is 17.5 Å². The molecule has 1 rings (SSSR count). The van der Waals surface area contributed by atoms with E-state index in [1.807, 2.05) is 19.9 Å².